The van der Waals surface area contributed by atoms with Gasteiger partial charge in [0.2, 0.25) is 5.82 Å². The standard InChI is InChI=1S/C18H12FN5/c19-15-7-3-5-13(11-15)14-6-4-8-16(12-14)24-22-18(21-23-24)17-9-1-2-10-20-17/h1-12H. The van der Waals surface area contributed by atoms with Crippen molar-refractivity contribution in [3.8, 4) is 28.3 Å². The minimum absolute atomic E-state index is 0.269. The number of tetrazole rings is 1. The van der Waals surface area contributed by atoms with E-state index in [0.29, 0.717) is 11.5 Å². The summed E-state index contributed by atoms with van der Waals surface area (Å²) in [6.45, 7) is 0. The molecule has 0 unspecified atom stereocenters. The van der Waals surface area contributed by atoms with Gasteiger partial charge in [-0.05, 0) is 52.7 Å². The molecule has 0 bridgehead atoms. The minimum atomic E-state index is -0.269. The number of aromatic nitrogens is 5. The van der Waals surface area contributed by atoms with Gasteiger partial charge in [-0.3, -0.25) is 4.98 Å². The van der Waals surface area contributed by atoms with Crippen molar-refractivity contribution in [2.24, 2.45) is 0 Å². The molecule has 0 aliphatic carbocycles. The average Bonchev–Trinajstić information content (AvgIpc) is 3.13. The molecule has 0 saturated heterocycles. The van der Waals surface area contributed by atoms with Crippen LogP contribution in [0.2, 0.25) is 0 Å². The fraction of sp³-hybridized carbons (Fsp3) is 0. The molecule has 0 amide bonds. The average molecular weight is 317 g/mol. The van der Waals surface area contributed by atoms with Crippen molar-refractivity contribution in [3.63, 3.8) is 0 Å². The first kappa shape index (κ1) is 14.2. The molecule has 0 atom stereocenters. The second-order valence-electron chi connectivity index (χ2n) is 5.18. The molecule has 0 aliphatic rings. The van der Waals surface area contributed by atoms with Gasteiger partial charge < -0.3 is 0 Å². The zero-order valence-corrected chi connectivity index (χ0v) is 12.5. The van der Waals surface area contributed by atoms with E-state index in [0.717, 1.165) is 16.8 Å². The van der Waals surface area contributed by atoms with Gasteiger partial charge in [-0.2, -0.15) is 0 Å². The molecular weight excluding hydrogens is 305 g/mol. The van der Waals surface area contributed by atoms with Crippen LogP contribution in [0.15, 0.2) is 72.9 Å². The van der Waals surface area contributed by atoms with Gasteiger partial charge in [0.05, 0.1) is 5.69 Å². The number of benzene rings is 2. The monoisotopic (exact) mass is 317 g/mol. The van der Waals surface area contributed by atoms with Crippen LogP contribution in [0.1, 0.15) is 0 Å². The van der Waals surface area contributed by atoms with Gasteiger partial charge in [-0.15, -0.1) is 15.0 Å². The number of nitrogens with zero attached hydrogens (tertiary/aromatic N) is 5. The summed E-state index contributed by atoms with van der Waals surface area (Å²) in [4.78, 5) is 5.65. The number of hydrogen-bond donors (Lipinski definition) is 0. The Balaban J connectivity index is 1.71. The van der Waals surface area contributed by atoms with E-state index >= 15 is 0 Å². The van der Waals surface area contributed by atoms with Crippen molar-refractivity contribution >= 4 is 0 Å². The normalized spacial score (nSPS) is 10.7. The summed E-state index contributed by atoms with van der Waals surface area (Å²) in [7, 11) is 0. The van der Waals surface area contributed by atoms with Crippen LogP contribution in [0.3, 0.4) is 0 Å². The van der Waals surface area contributed by atoms with Crippen LogP contribution in [0.4, 0.5) is 4.39 Å². The summed E-state index contributed by atoms with van der Waals surface area (Å²) in [6, 6.07) is 19.5. The van der Waals surface area contributed by atoms with Crippen LogP contribution in [0, 0.1) is 5.82 Å². The molecule has 0 fully saturated rings. The Hall–Kier alpha value is -3.41. The molecule has 0 saturated carbocycles. The number of pyridine rings is 1. The van der Waals surface area contributed by atoms with E-state index in [1.165, 1.54) is 16.9 Å². The molecule has 116 valence electrons. The van der Waals surface area contributed by atoms with Gasteiger partial charge in [0, 0.05) is 6.20 Å². The maximum atomic E-state index is 13.4. The number of halogens is 1. The van der Waals surface area contributed by atoms with Crippen molar-refractivity contribution in [2.75, 3.05) is 0 Å². The molecule has 5 nitrogen and oxygen atoms in total. The van der Waals surface area contributed by atoms with Crippen molar-refractivity contribution in [1.29, 1.82) is 0 Å². The van der Waals surface area contributed by atoms with Crippen molar-refractivity contribution in [2.45, 2.75) is 0 Å². The lowest BCUT2D eigenvalue weighted by Gasteiger charge is -2.04. The van der Waals surface area contributed by atoms with E-state index in [1.807, 2.05) is 48.5 Å². The Kier molecular flexibility index (Phi) is 3.55. The SMILES string of the molecule is Fc1cccc(-c2cccc(-n3nnc(-c4ccccn4)n3)c2)c1. The lowest BCUT2D eigenvalue weighted by Crippen LogP contribution is -1.99. The Bertz CT molecular complexity index is 981. The van der Waals surface area contributed by atoms with Gasteiger partial charge in [0.25, 0.3) is 0 Å². The Labute approximate surface area is 137 Å². The summed E-state index contributed by atoms with van der Waals surface area (Å²) in [5, 5.41) is 12.5. The minimum Gasteiger partial charge on any atom is -0.253 e. The van der Waals surface area contributed by atoms with E-state index in [2.05, 4.69) is 20.4 Å². The molecule has 2 aromatic heterocycles. The van der Waals surface area contributed by atoms with Crippen molar-refractivity contribution in [1.82, 2.24) is 25.2 Å². The van der Waals surface area contributed by atoms with Crippen LogP contribution in [-0.4, -0.2) is 25.2 Å². The van der Waals surface area contributed by atoms with Gasteiger partial charge in [-0.1, -0.05) is 30.3 Å². The van der Waals surface area contributed by atoms with E-state index < -0.39 is 0 Å². The first-order valence-electron chi connectivity index (χ1n) is 7.37. The van der Waals surface area contributed by atoms with Gasteiger partial charge in [0.1, 0.15) is 11.5 Å². The highest BCUT2D eigenvalue weighted by atomic mass is 19.1. The second kappa shape index (κ2) is 6.00. The third kappa shape index (κ3) is 2.77. The summed E-state index contributed by atoms with van der Waals surface area (Å²) in [5.74, 6) is 0.181. The molecule has 4 aromatic rings. The molecule has 0 N–H and O–H groups in total. The van der Waals surface area contributed by atoms with E-state index in [9.17, 15) is 4.39 Å². The Morgan fingerprint density at radius 1 is 0.833 bits per heavy atom. The summed E-state index contributed by atoms with van der Waals surface area (Å²) >= 11 is 0. The van der Waals surface area contributed by atoms with E-state index in [-0.39, 0.29) is 5.82 Å². The highest BCUT2D eigenvalue weighted by Gasteiger charge is 2.09. The Morgan fingerprint density at radius 3 is 2.46 bits per heavy atom. The van der Waals surface area contributed by atoms with E-state index in [4.69, 9.17) is 0 Å². The van der Waals surface area contributed by atoms with Crippen molar-refractivity contribution in [3.05, 3.63) is 78.7 Å². The summed E-state index contributed by atoms with van der Waals surface area (Å²) in [5.41, 5.74) is 3.07. The zero-order valence-electron chi connectivity index (χ0n) is 12.5. The quantitative estimate of drug-likeness (QED) is 0.580. The lowest BCUT2D eigenvalue weighted by atomic mass is 10.1. The van der Waals surface area contributed by atoms with E-state index in [1.54, 1.807) is 12.3 Å². The van der Waals surface area contributed by atoms with Crippen LogP contribution < -0.4 is 0 Å². The topological polar surface area (TPSA) is 56.5 Å². The summed E-state index contributed by atoms with van der Waals surface area (Å²) in [6.07, 6.45) is 1.68. The molecule has 6 heteroatoms. The largest absolute Gasteiger partial charge is 0.253 e. The fourth-order valence-electron chi connectivity index (χ4n) is 2.40. The zero-order chi connectivity index (χ0) is 16.4. The predicted octanol–water partition coefficient (Wildman–Crippen LogP) is 3.53. The van der Waals surface area contributed by atoms with Gasteiger partial charge >= 0.3 is 0 Å². The van der Waals surface area contributed by atoms with Crippen LogP contribution in [0.25, 0.3) is 28.3 Å². The molecular formula is C18H12FN5. The second-order valence-corrected chi connectivity index (χ2v) is 5.18. The number of rotatable bonds is 3. The summed E-state index contributed by atoms with van der Waals surface area (Å²) < 4.78 is 13.4. The third-order valence-corrected chi connectivity index (χ3v) is 3.54. The predicted molar refractivity (Wildman–Crippen MR) is 87.8 cm³/mol. The van der Waals surface area contributed by atoms with Crippen LogP contribution >= 0.6 is 0 Å². The molecule has 0 spiro atoms. The molecule has 0 aliphatic heterocycles. The first-order valence-corrected chi connectivity index (χ1v) is 7.37. The highest BCUT2D eigenvalue weighted by molar-refractivity contribution is 5.65. The third-order valence-electron chi connectivity index (χ3n) is 3.54. The molecule has 4 rings (SSSR count). The lowest BCUT2D eigenvalue weighted by molar-refractivity contribution is 0.628. The molecule has 24 heavy (non-hydrogen) atoms. The fourth-order valence-corrected chi connectivity index (χ4v) is 2.40. The maximum Gasteiger partial charge on any atom is 0.223 e. The number of hydrogen-bond acceptors (Lipinski definition) is 4. The van der Waals surface area contributed by atoms with Gasteiger partial charge in [-0.25, -0.2) is 4.39 Å². The maximum absolute atomic E-state index is 13.4. The Morgan fingerprint density at radius 2 is 1.67 bits per heavy atom. The molecule has 2 heterocycles. The smallest absolute Gasteiger partial charge is 0.223 e. The van der Waals surface area contributed by atoms with Crippen LogP contribution in [0.5, 0.6) is 0 Å². The molecule has 2 aromatic carbocycles. The van der Waals surface area contributed by atoms with Crippen LogP contribution in [-0.2, 0) is 0 Å². The van der Waals surface area contributed by atoms with Crippen molar-refractivity contribution < 1.29 is 4.39 Å². The molecule has 0 radical (unpaired) electrons. The van der Waals surface area contributed by atoms with Gasteiger partial charge in [0.15, 0.2) is 0 Å². The highest BCUT2D eigenvalue weighted by Crippen LogP contribution is 2.22. The first-order chi connectivity index (χ1) is 11.8.